The average Bonchev–Trinajstić information content (AvgIpc) is 2.89. The van der Waals surface area contributed by atoms with Crippen molar-refractivity contribution in [3.8, 4) is 0 Å². The summed E-state index contributed by atoms with van der Waals surface area (Å²) in [6.45, 7) is 10.3. The molecule has 20 heavy (non-hydrogen) atoms. The normalized spacial score (nSPS) is 19.5. The second kappa shape index (κ2) is 12.8. The fourth-order valence-corrected chi connectivity index (χ4v) is 2.97. The Balaban J connectivity index is 0.00000361. The molecule has 1 atom stereocenters. The van der Waals surface area contributed by atoms with Gasteiger partial charge in [0.25, 0.3) is 0 Å². The predicted octanol–water partition coefficient (Wildman–Crippen LogP) is 2.17. The number of halogens is 1. The molecule has 0 aromatic heterocycles. The molecule has 0 radical (unpaired) electrons. The van der Waals surface area contributed by atoms with E-state index in [1.807, 2.05) is 24.9 Å². The van der Waals surface area contributed by atoms with Crippen molar-refractivity contribution in [1.82, 2.24) is 15.5 Å². The summed E-state index contributed by atoms with van der Waals surface area (Å²) in [5.74, 6) is 3.01. The molecule has 0 spiro atoms. The fourth-order valence-electron chi connectivity index (χ4n) is 2.39. The van der Waals surface area contributed by atoms with Crippen molar-refractivity contribution in [1.29, 1.82) is 0 Å². The van der Waals surface area contributed by atoms with Crippen molar-refractivity contribution in [2.75, 3.05) is 44.7 Å². The summed E-state index contributed by atoms with van der Waals surface area (Å²) in [4.78, 5) is 6.81. The molecule has 0 bridgehead atoms. The van der Waals surface area contributed by atoms with Crippen molar-refractivity contribution in [3.63, 3.8) is 0 Å². The topological polar surface area (TPSA) is 39.7 Å². The van der Waals surface area contributed by atoms with Crippen molar-refractivity contribution in [2.45, 2.75) is 25.8 Å². The van der Waals surface area contributed by atoms with E-state index < -0.39 is 0 Å². The first kappa shape index (κ1) is 20.1. The molecule has 0 saturated carbocycles. The van der Waals surface area contributed by atoms with E-state index in [0.717, 1.165) is 37.1 Å². The van der Waals surface area contributed by atoms with Crippen LogP contribution in [-0.2, 0) is 0 Å². The van der Waals surface area contributed by atoms with E-state index in [2.05, 4.69) is 34.0 Å². The van der Waals surface area contributed by atoms with Crippen LogP contribution in [0.4, 0.5) is 0 Å². The zero-order chi connectivity index (χ0) is 13.9. The van der Waals surface area contributed by atoms with Crippen LogP contribution < -0.4 is 10.6 Å². The SMILES string of the molecule is C=CCSCCNC(=NC)NCC1CCCN1CC.I. The van der Waals surface area contributed by atoms with Gasteiger partial charge in [0.1, 0.15) is 0 Å². The first-order valence-electron chi connectivity index (χ1n) is 7.19. The first-order valence-corrected chi connectivity index (χ1v) is 8.34. The van der Waals surface area contributed by atoms with Crippen LogP contribution in [0, 0.1) is 0 Å². The molecule has 118 valence electrons. The van der Waals surface area contributed by atoms with Crippen LogP contribution in [0.15, 0.2) is 17.6 Å². The minimum absolute atomic E-state index is 0. The van der Waals surface area contributed by atoms with E-state index in [1.165, 1.54) is 19.4 Å². The molecule has 6 heteroatoms. The first-order chi connectivity index (χ1) is 9.31. The molecular weight excluding hydrogens is 383 g/mol. The van der Waals surface area contributed by atoms with Gasteiger partial charge in [0.15, 0.2) is 5.96 Å². The number of hydrogen-bond acceptors (Lipinski definition) is 3. The standard InChI is InChI=1S/C14H28N4S.HI/c1-4-10-19-11-8-16-14(15-3)17-12-13-7-6-9-18(13)5-2;/h4,13H,1,5-12H2,2-3H3,(H2,15,16,17);1H. The molecule has 1 fully saturated rings. The summed E-state index contributed by atoms with van der Waals surface area (Å²) in [7, 11) is 1.83. The number of thioether (sulfide) groups is 1. The Kier molecular flexibility index (Phi) is 12.8. The molecule has 1 unspecified atom stereocenters. The molecule has 0 amide bonds. The Bertz CT molecular complexity index is 286. The van der Waals surface area contributed by atoms with Gasteiger partial charge in [-0.15, -0.1) is 30.6 Å². The molecule has 1 rings (SSSR count). The number of aliphatic imine (C=N–C) groups is 1. The van der Waals surface area contributed by atoms with Crippen molar-refractivity contribution < 1.29 is 0 Å². The monoisotopic (exact) mass is 412 g/mol. The van der Waals surface area contributed by atoms with E-state index in [1.54, 1.807) is 0 Å². The molecule has 4 nitrogen and oxygen atoms in total. The van der Waals surface area contributed by atoms with Gasteiger partial charge in [-0.1, -0.05) is 13.0 Å². The molecule has 0 aromatic rings. The lowest BCUT2D eigenvalue weighted by Gasteiger charge is -2.23. The Labute approximate surface area is 145 Å². The minimum Gasteiger partial charge on any atom is -0.356 e. The van der Waals surface area contributed by atoms with Crippen molar-refractivity contribution in [2.24, 2.45) is 4.99 Å². The summed E-state index contributed by atoms with van der Waals surface area (Å²) in [6.07, 6.45) is 4.56. The van der Waals surface area contributed by atoms with E-state index in [-0.39, 0.29) is 24.0 Å². The lowest BCUT2D eigenvalue weighted by atomic mass is 10.2. The third kappa shape index (κ3) is 7.73. The Morgan fingerprint density at radius 1 is 1.50 bits per heavy atom. The molecule has 1 aliphatic rings. The van der Waals surface area contributed by atoms with Crippen LogP contribution in [0.25, 0.3) is 0 Å². The van der Waals surface area contributed by atoms with Crippen LogP contribution in [-0.4, -0.2) is 61.6 Å². The van der Waals surface area contributed by atoms with Gasteiger partial charge in [0.2, 0.25) is 0 Å². The molecule has 0 aromatic carbocycles. The van der Waals surface area contributed by atoms with Gasteiger partial charge in [0.05, 0.1) is 0 Å². The van der Waals surface area contributed by atoms with Crippen LogP contribution in [0.2, 0.25) is 0 Å². The second-order valence-electron chi connectivity index (χ2n) is 4.67. The maximum Gasteiger partial charge on any atom is 0.191 e. The highest BCUT2D eigenvalue weighted by atomic mass is 127. The summed E-state index contributed by atoms with van der Waals surface area (Å²) >= 11 is 1.88. The summed E-state index contributed by atoms with van der Waals surface area (Å²) < 4.78 is 0. The molecule has 1 aliphatic heterocycles. The highest BCUT2D eigenvalue weighted by molar-refractivity contribution is 14.0. The lowest BCUT2D eigenvalue weighted by molar-refractivity contribution is 0.267. The molecule has 0 aliphatic carbocycles. The number of rotatable bonds is 8. The maximum absolute atomic E-state index is 4.26. The van der Waals surface area contributed by atoms with Crippen LogP contribution >= 0.6 is 35.7 Å². The van der Waals surface area contributed by atoms with Gasteiger partial charge < -0.3 is 10.6 Å². The Hall–Kier alpha value is 0.0500. The minimum atomic E-state index is 0. The molecule has 2 N–H and O–H groups in total. The maximum atomic E-state index is 4.26. The summed E-state index contributed by atoms with van der Waals surface area (Å²) in [5.41, 5.74) is 0. The van der Waals surface area contributed by atoms with Gasteiger partial charge in [-0.05, 0) is 25.9 Å². The average molecular weight is 412 g/mol. The molecule has 1 saturated heterocycles. The van der Waals surface area contributed by atoms with E-state index in [4.69, 9.17) is 0 Å². The largest absolute Gasteiger partial charge is 0.356 e. The predicted molar refractivity (Wildman–Crippen MR) is 103 cm³/mol. The van der Waals surface area contributed by atoms with Gasteiger partial charge in [-0.25, -0.2) is 0 Å². The van der Waals surface area contributed by atoms with Gasteiger partial charge in [0, 0.05) is 37.7 Å². The van der Waals surface area contributed by atoms with Gasteiger partial charge in [-0.2, -0.15) is 11.8 Å². The number of likely N-dealkylation sites (tertiary alicyclic amines) is 1. The second-order valence-corrected chi connectivity index (χ2v) is 5.82. The smallest absolute Gasteiger partial charge is 0.191 e. The number of guanidine groups is 1. The third-order valence-electron chi connectivity index (χ3n) is 3.41. The number of likely N-dealkylation sites (N-methyl/N-ethyl adjacent to an activating group) is 1. The number of nitrogens with zero attached hydrogens (tertiary/aromatic N) is 2. The fraction of sp³-hybridized carbons (Fsp3) is 0.786. The van der Waals surface area contributed by atoms with E-state index in [0.29, 0.717) is 6.04 Å². The molecular formula is C14H29IN4S. The van der Waals surface area contributed by atoms with E-state index in [9.17, 15) is 0 Å². The van der Waals surface area contributed by atoms with Crippen LogP contribution in [0.5, 0.6) is 0 Å². The van der Waals surface area contributed by atoms with Crippen LogP contribution in [0.3, 0.4) is 0 Å². The van der Waals surface area contributed by atoms with Crippen LogP contribution in [0.1, 0.15) is 19.8 Å². The number of hydrogen-bond donors (Lipinski definition) is 2. The van der Waals surface area contributed by atoms with E-state index >= 15 is 0 Å². The zero-order valence-electron chi connectivity index (χ0n) is 12.7. The zero-order valence-corrected chi connectivity index (χ0v) is 15.9. The van der Waals surface area contributed by atoms with Gasteiger partial charge >= 0.3 is 0 Å². The summed E-state index contributed by atoms with van der Waals surface area (Å²) in [6, 6.07) is 0.665. The Morgan fingerprint density at radius 2 is 2.30 bits per heavy atom. The lowest BCUT2D eigenvalue weighted by Crippen LogP contribution is -2.45. The number of nitrogens with one attached hydrogen (secondary N) is 2. The molecule has 1 heterocycles. The van der Waals surface area contributed by atoms with Gasteiger partial charge in [-0.3, -0.25) is 9.89 Å². The van der Waals surface area contributed by atoms with Crippen molar-refractivity contribution in [3.05, 3.63) is 12.7 Å². The van der Waals surface area contributed by atoms with Crippen molar-refractivity contribution >= 4 is 41.7 Å². The quantitative estimate of drug-likeness (QED) is 0.211. The highest BCUT2D eigenvalue weighted by Gasteiger charge is 2.22. The Morgan fingerprint density at radius 3 is 2.95 bits per heavy atom. The third-order valence-corrected chi connectivity index (χ3v) is 4.37. The summed E-state index contributed by atoms with van der Waals surface area (Å²) in [5, 5.41) is 6.78. The highest BCUT2D eigenvalue weighted by Crippen LogP contribution is 2.15.